The molecule has 0 aliphatic carbocycles. The summed E-state index contributed by atoms with van der Waals surface area (Å²) in [5.41, 5.74) is 2.67. The number of nitrogens with zero attached hydrogens (tertiary/aromatic N) is 2. The molecule has 0 bridgehead atoms. The number of ether oxygens (including phenoxy) is 1. The van der Waals surface area contributed by atoms with Crippen LogP contribution in [-0.4, -0.2) is 94.7 Å². The molecule has 3 N–H and O–H groups in total. The van der Waals surface area contributed by atoms with Gasteiger partial charge in [-0.1, -0.05) is 12.1 Å². The van der Waals surface area contributed by atoms with Crippen molar-refractivity contribution in [1.29, 1.82) is 0 Å². The first-order chi connectivity index (χ1) is 16.8. The van der Waals surface area contributed by atoms with E-state index in [1.54, 1.807) is 0 Å². The Kier molecular flexibility index (Phi) is 10.5. The molecule has 2 aliphatic rings. The average molecular weight is 527 g/mol. The normalized spacial score (nSPS) is 18.1. The number of aromatic nitrogens is 1. The minimum Gasteiger partial charge on any atom is -0.475 e. The van der Waals surface area contributed by atoms with E-state index in [9.17, 15) is 26.3 Å². The minimum atomic E-state index is -5.08. The molecule has 202 valence electrons. The van der Waals surface area contributed by atoms with Crippen LogP contribution in [0.1, 0.15) is 18.4 Å². The molecule has 2 fully saturated rings. The van der Waals surface area contributed by atoms with Crippen molar-refractivity contribution >= 4 is 22.8 Å². The molecular weight excluding hydrogens is 500 g/mol. The van der Waals surface area contributed by atoms with E-state index in [1.807, 2.05) is 6.20 Å². The highest BCUT2D eigenvalue weighted by molar-refractivity contribution is 5.79. The fourth-order valence-electron chi connectivity index (χ4n) is 3.84. The van der Waals surface area contributed by atoms with E-state index in [4.69, 9.17) is 24.5 Å². The van der Waals surface area contributed by atoms with E-state index in [1.165, 1.54) is 42.4 Å². The number of rotatable bonds is 3. The van der Waals surface area contributed by atoms with Crippen LogP contribution in [-0.2, 0) is 20.9 Å². The van der Waals surface area contributed by atoms with Crippen LogP contribution >= 0.6 is 0 Å². The van der Waals surface area contributed by atoms with Crippen molar-refractivity contribution in [2.75, 3.05) is 39.4 Å². The summed E-state index contributed by atoms with van der Waals surface area (Å²) in [6.07, 6.45) is -5.56. The van der Waals surface area contributed by atoms with Gasteiger partial charge < -0.3 is 19.9 Å². The number of fused-ring (bicyclic) bond motifs is 1. The molecule has 3 heterocycles. The number of benzene rings is 1. The molecule has 0 unspecified atom stereocenters. The summed E-state index contributed by atoms with van der Waals surface area (Å²) in [4.78, 5) is 26.3. The summed E-state index contributed by atoms with van der Waals surface area (Å²) >= 11 is 0. The number of aliphatic carboxylic acids is 2. The second-order valence-electron chi connectivity index (χ2n) is 8.16. The maximum absolute atomic E-state index is 10.6. The van der Waals surface area contributed by atoms with Crippen molar-refractivity contribution in [3.8, 4) is 0 Å². The van der Waals surface area contributed by atoms with Crippen molar-refractivity contribution in [2.45, 2.75) is 37.8 Å². The molecule has 0 saturated carbocycles. The molecule has 2 aliphatic heterocycles. The standard InChI is InChI=1S/C18H25N3O.2C2HF3O2/c1-2-16-3-6-19-18(16)13-15(1)14-20-7-4-17(5-8-20)21-9-11-22-12-10-21;2*3-2(4,5)1(6)7/h1-3,6,13,17,19H,4-5,7-12,14H2;2*(H,6,7). The fraction of sp³-hybridized carbons (Fsp3) is 0.545. The molecule has 36 heavy (non-hydrogen) atoms. The van der Waals surface area contributed by atoms with E-state index < -0.39 is 24.3 Å². The second kappa shape index (κ2) is 12.9. The Hall–Kier alpha value is -2.84. The molecule has 0 radical (unpaired) electrons. The third-order valence-corrected chi connectivity index (χ3v) is 5.63. The topological polar surface area (TPSA) is 106 Å². The molecule has 1 aromatic heterocycles. The lowest BCUT2D eigenvalue weighted by molar-refractivity contribution is -0.193. The Morgan fingerprint density at radius 2 is 1.44 bits per heavy atom. The number of piperidine rings is 1. The summed E-state index contributed by atoms with van der Waals surface area (Å²) in [7, 11) is 0. The quantitative estimate of drug-likeness (QED) is 0.523. The first-order valence-corrected chi connectivity index (χ1v) is 11.0. The van der Waals surface area contributed by atoms with Crippen LogP contribution in [0.4, 0.5) is 26.3 Å². The van der Waals surface area contributed by atoms with Gasteiger partial charge in [0.05, 0.1) is 13.2 Å². The van der Waals surface area contributed by atoms with Gasteiger partial charge >= 0.3 is 24.3 Å². The number of carboxylic acid groups (broad SMARTS) is 2. The van der Waals surface area contributed by atoms with Crippen molar-refractivity contribution in [1.82, 2.24) is 14.8 Å². The van der Waals surface area contributed by atoms with Gasteiger partial charge in [0.2, 0.25) is 0 Å². The van der Waals surface area contributed by atoms with Gasteiger partial charge in [-0.15, -0.1) is 0 Å². The van der Waals surface area contributed by atoms with Gasteiger partial charge in [0.1, 0.15) is 0 Å². The van der Waals surface area contributed by atoms with E-state index in [0.29, 0.717) is 0 Å². The first-order valence-electron chi connectivity index (χ1n) is 11.0. The van der Waals surface area contributed by atoms with Gasteiger partial charge in [-0.3, -0.25) is 9.80 Å². The number of carbonyl (C=O) groups is 2. The van der Waals surface area contributed by atoms with Crippen LogP contribution in [0.5, 0.6) is 0 Å². The van der Waals surface area contributed by atoms with E-state index in [2.05, 4.69) is 39.0 Å². The van der Waals surface area contributed by atoms with Gasteiger partial charge in [-0.05, 0) is 49.0 Å². The van der Waals surface area contributed by atoms with Gasteiger partial charge in [0.15, 0.2) is 0 Å². The zero-order valence-electron chi connectivity index (χ0n) is 19.1. The molecule has 0 atom stereocenters. The van der Waals surface area contributed by atoms with Crippen molar-refractivity contribution < 1.29 is 50.9 Å². The summed E-state index contributed by atoms with van der Waals surface area (Å²) < 4.78 is 68.9. The first kappa shape index (κ1) is 29.4. The summed E-state index contributed by atoms with van der Waals surface area (Å²) in [5, 5.41) is 15.6. The lowest BCUT2D eigenvalue weighted by Gasteiger charge is -2.40. The van der Waals surface area contributed by atoms with Gasteiger partial charge in [-0.25, -0.2) is 9.59 Å². The average Bonchev–Trinajstić information content (AvgIpc) is 3.28. The summed E-state index contributed by atoms with van der Waals surface area (Å²) in [6, 6.07) is 9.69. The number of hydrogen-bond acceptors (Lipinski definition) is 5. The van der Waals surface area contributed by atoms with Crippen LogP contribution in [0.3, 0.4) is 0 Å². The molecule has 0 amide bonds. The Bertz CT molecular complexity index is 956. The molecule has 2 saturated heterocycles. The number of likely N-dealkylation sites (tertiary alicyclic amines) is 1. The third kappa shape index (κ3) is 9.66. The lowest BCUT2D eigenvalue weighted by atomic mass is 10.0. The molecule has 8 nitrogen and oxygen atoms in total. The molecule has 14 heteroatoms. The Labute approximate surface area is 202 Å². The highest BCUT2D eigenvalue weighted by Crippen LogP contribution is 2.21. The van der Waals surface area contributed by atoms with Crippen LogP contribution < -0.4 is 0 Å². The number of halogens is 6. The molecule has 4 rings (SSSR count). The Balaban J connectivity index is 0.000000271. The van der Waals surface area contributed by atoms with Crippen molar-refractivity contribution in [3.63, 3.8) is 0 Å². The van der Waals surface area contributed by atoms with Crippen LogP contribution in [0.2, 0.25) is 0 Å². The molecule has 0 spiro atoms. The number of nitrogens with one attached hydrogen (secondary N) is 1. The number of alkyl halides is 6. The van der Waals surface area contributed by atoms with Gasteiger partial charge in [-0.2, -0.15) is 26.3 Å². The lowest BCUT2D eigenvalue weighted by Crippen LogP contribution is -2.48. The predicted octanol–water partition coefficient (Wildman–Crippen LogP) is 3.73. The maximum atomic E-state index is 10.6. The Morgan fingerprint density at radius 3 is 1.94 bits per heavy atom. The summed E-state index contributed by atoms with van der Waals surface area (Å²) in [6.45, 7) is 7.56. The Morgan fingerprint density at radius 1 is 0.917 bits per heavy atom. The van der Waals surface area contributed by atoms with Gasteiger partial charge in [0, 0.05) is 37.4 Å². The number of hydrogen-bond donors (Lipinski definition) is 3. The molecular formula is C22H27F6N3O5. The van der Waals surface area contributed by atoms with Crippen LogP contribution in [0.15, 0.2) is 30.5 Å². The molecule has 2 aromatic rings. The fourth-order valence-corrected chi connectivity index (χ4v) is 3.84. The highest BCUT2D eigenvalue weighted by Gasteiger charge is 2.38. The molecule has 1 aromatic carbocycles. The minimum absolute atomic E-state index is 0.769. The van der Waals surface area contributed by atoms with E-state index in [0.717, 1.165) is 38.9 Å². The maximum Gasteiger partial charge on any atom is 0.490 e. The van der Waals surface area contributed by atoms with Crippen LogP contribution in [0, 0.1) is 0 Å². The second-order valence-corrected chi connectivity index (χ2v) is 8.16. The SMILES string of the molecule is O=C(O)C(F)(F)F.O=C(O)C(F)(F)F.c1cc2ccc(CN3CCC(N4CCOCC4)CC3)cc2[nH]1. The summed E-state index contributed by atoms with van der Waals surface area (Å²) in [5.74, 6) is -5.51. The largest absolute Gasteiger partial charge is 0.490 e. The van der Waals surface area contributed by atoms with Crippen LogP contribution in [0.25, 0.3) is 10.9 Å². The number of morpholine rings is 1. The number of aromatic amines is 1. The third-order valence-electron chi connectivity index (χ3n) is 5.63. The van der Waals surface area contributed by atoms with Crippen molar-refractivity contribution in [2.24, 2.45) is 0 Å². The zero-order chi connectivity index (χ0) is 26.9. The highest BCUT2D eigenvalue weighted by atomic mass is 19.4. The predicted molar refractivity (Wildman–Crippen MR) is 116 cm³/mol. The van der Waals surface area contributed by atoms with Gasteiger partial charge in [0.25, 0.3) is 0 Å². The zero-order valence-corrected chi connectivity index (χ0v) is 19.1. The monoisotopic (exact) mass is 527 g/mol. The van der Waals surface area contributed by atoms with Crippen molar-refractivity contribution in [3.05, 3.63) is 36.0 Å². The van der Waals surface area contributed by atoms with E-state index >= 15 is 0 Å². The number of carboxylic acids is 2. The van der Waals surface area contributed by atoms with E-state index in [-0.39, 0.29) is 0 Å². The smallest absolute Gasteiger partial charge is 0.475 e. The number of H-pyrrole nitrogens is 1.